The Balaban J connectivity index is 1.47. The first-order valence-electron chi connectivity index (χ1n) is 11.9. The van der Waals surface area contributed by atoms with Crippen LogP contribution in [0.2, 0.25) is 0 Å². The molecule has 0 unspecified atom stereocenters. The van der Waals surface area contributed by atoms with Crippen LogP contribution in [0.5, 0.6) is 11.5 Å². The maximum absolute atomic E-state index is 13.4. The Hall–Kier alpha value is -2.59. The van der Waals surface area contributed by atoms with Crippen LogP contribution < -0.4 is 19.9 Å². The van der Waals surface area contributed by atoms with Gasteiger partial charge >= 0.3 is 0 Å². The lowest BCUT2D eigenvalue weighted by Gasteiger charge is -2.32. The van der Waals surface area contributed by atoms with Gasteiger partial charge in [-0.25, -0.2) is 4.68 Å². The highest BCUT2D eigenvalue weighted by Crippen LogP contribution is 2.35. The van der Waals surface area contributed by atoms with E-state index in [0.29, 0.717) is 30.6 Å². The minimum Gasteiger partial charge on any atom is -0.486 e. The van der Waals surface area contributed by atoms with Gasteiger partial charge in [0, 0.05) is 23.0 Å². The van der Waals surface area contributed by atoms with Gasteiger partial charge in [0.1, 0.15) is 13.2 Å². The van der Waals surface area contributed by atoms with Crippen molar-refractivity contribution in [3.8, 4) is 11.5 Å². The fourth-order valence-corrected chi connectivity index (χ4v) is 6.43. The van der Waals surface area contributed by atoms with Gasteiger partial charge in [-0.15, -0.1) is 5.10 Å². The highest BCUT2D eigenvalue weighted by Gasteiger charge is 2.36. The topological polar surface area (TPSA) is 99.4 Å². The molecule has 2 N–H and O–H groups in total. The number of nitrogens with one attached hydrogen (secondary N) is 2. The van der Waals surface area contributed by atoms with E-state index in [-0.39, 0.29) is 11.6 Å². The van der Waals surface area contributed by atoms with Crippen LogP contribution in [0.3, 0.4) is 0 Å². The Morgan fingerprint density at radius 1 is 1.06 bits per heavy atom. The Bertz CT molecular complexity index is 1200. The summed E-state index contributed by atoms with van der Waals surface area (Å²) in [7, 11) is 0. The number of aromatic nitrogens is 5. The summed E-state index contributed by atoms with van der Waals surface area (Å²) < 4.78 is 13.5. The molecule has 9 nitrogen and oxygen atoms in total. The van der Waals surface area contributed by atoms with Crippen molar-refractivity contribution in [1.29, 1.82) is 0 Å². The van der Waals surface area contributed by atoms with Crippen molar-refractivity contribution in [2.75, 3.05) is 37.8 Å². The summed E-state index contributed by atoms with van der Waals surface area (Å²) >= 11 is 1.97. The highest BCUT2D eigenvalue weighted by atomic mass is 32.2. The van der Waals surface area contributed by atoms with E-state index in [1.165, 1.54) is 24.2 Å². The van der Waals surface area contributed by atoms with Crippen LogP contribution in [0.15, 0.2) is 23.0 Å². The lowest BCUT2D eigenvalue weighted by Crippen LogP contribution is -3.14. The van der Waals surface area contributed by atoms with Crippen molar-refractivity contribution in [3.63, 3.8) is 0 Å². The Kier molecular flexibility index (Phi) is 5.71. The van der Waals surface area contributed by atoms with E-state index in [1.54, 1.807) is 0 Å². The van der Waals surface area contributed by atoms with E-state index in [4.69, 9.17) is 9.47 Å². The molecule has 4 heterocycles. The molecule has 174 valence electrons. The van der Waals surface area contributed by atoms with E-state index in [1.807, 2.05) is 34.6 Å². The van der Waals surface area contributed by atoms with Crippen LogP contribution in [0.4, 0.5) is 0 Å². The molecule has 1 aromatic carbocycles. The lowest BCUT2D eigenvalue weighted by atomic mass is 9.95. The van der Waals surface area contributed by atoms with Crippen LogP contribution >= 0.6 is 11.8 Å². The second-order valence-electron chi connectivity index (χ2n) is 9.11. The fourth-order valence-electron chi connectivity index (χ4n) is 5.41. The maximum atomic E-state index is 13.4. The molecule has 3 aromatic rings. The Morgan fingerprint density at radius 3 is 2.61 bits per heavy atom. The normalized spacial score (nSPS) is 20.7. The summed E-state index contributed by atoms with van der Waals surface area (Å²) in [5.41, 5.74) is 1.38. The fraction of sp³-hybridized carbons (Fsp3) is 0.565. The van der Waals surface area contributed by atoms with Gasteiger partial charge in [0.2, 0.25) is 5.82 Å². The molecule has 6 rings (SSSR count). The van der Waals surface area contributed by atoms with E-state index >= 15 is 0 Å². The van der Waals surface area contributed by atoms with Crippen molar-refractivity contribution in [2.45, 2.75) is 44.2 Å². The number of fused-ring (bicyclic) bond motifs is 2. The highest BCUT2D eigenvalue weighted by molar-refractivity contribution is 7.99. The number of tetrazole rings is 1. The minimum atomic E-state index is -0.204. The average molecular weight is 470 g/mol. The third kappa shape index (κ3) is 3.99. The second kappa shape index (κ2) is 8.98. The first kappa shape index (κ1) is 21.0. The van der Waals surface area contributed by atoms with E-state index in [2.05, 4.69) is 20.5 Å². The van der Waals surface area contributed by atoms with Gasteiger partial charge in [0.15, 0.2) is 17.5 Å². The summed E-state index contributed by atoms with van der Waals surface area (Å²) in [5.74, 6) is 4.35. The number of pyridine rings is 1. The predicted molar refractivity (Wildman–Crippen MR) is 125 cm³/mol. The van der Waals surface area contributed by atoms with Gasteiger partial charge in [-0.05, 0) is 35.4 Å². The van der Waals surface area contributed by atoms with Crippen molar-refractivity contribution in [3.05, 3.63) is 39.9 Å². The average Bonchev–Trinajstić information content (AvgIpc) is 3.34. The molecular weight excluding hydrogens is 440 g/mol. The largest absolute Gasteiger partial charge is 0.486 e. The van der Waals surface area contributed by atoms with E-state index in [9.17, 15) is 4.79 Å². The summed E-state index contributed by atoms with van der Waals surface area (Å²) in [4.78, 5) is 17.9. The molecule has 3 aliphatic rings. The third-order valence-electron chi connectivity index (χ3n) is 7.09. The third-order valence-corrected chi connectivity index (χ3v) is 8.07. The monoisotopic (exact) mass is 469 g/mol. The zero-order chi connectivity index (χ0) is 22.2. The maximum Gasteiger partial charge on any atom is 0.258 e. The van der Waals surface area contributed by atoms with Crippen molar-refractivity contribution in [2.24, 2.45) is 0 Å². The molecule has 0 radical (unpaired) electrons. The van der Waals surface area contributed by atoms with Crippen LogP contribution in [0.1, 0.15) is 55.6 Å². The molecule has 1 aliphatic carbocycles. The summed E-state index contributed by atoms with van der Waals surface area (Å²) in [6.45, 7) is 3.00. The number of ether oxygens (including phenoxy) is 2. The first-order chi connectivity index (χ1) is 16.3. The number of rotatable bonds is 4. The van der Waals surface area contributed by atoms with Gasteiger partial charge in [-0.2, -0.15) is 11.8 Å². The summed E-state index contributed by atoms with van der Waals surface area (Å²) in [6, 6.07) is 5.93. The number of quaternary nitrogens is 1. The molecule has 1 saturated carbocycles. The van der Waals surface area contributed by atoms with Crippen LogP contribution in [0, 0.1) is 0 Å². The number of thioether (sulfide) groups is 1. The van der Waals surface area contributed by atoms with Gasteiger partial charge in [0.05, 0.1) is 30.2 Å². The van der Waals surface area contributed by atoms with E-state index in [0.717, 1.165) is 59.9 Å². The SMILES string of the molecule is O=c1[nH]c2cc3c(cc2cc1[C@H](c1nnnn1C1CCCCC1)[NH+]1CCSCC1)OCCO3. The van der Waals surface area contributed by atoms with Crippen molar-refractivity contribution in [1.82, 2.24) is 25.2 Å². The van der Waals surface area contributed by atoms with Gasteiger partial charge < -0.3 is 19.4 Å². The molecule has 0 bridgehead atoms. The molecular formula is C23H29N6O3S+. The first-order valence-corrected chi connectivity index (χ1v) is 13.1. The van der Waals surface area contributed by atoms with Crippen LogP contribution in [-0.4, -0.2) is 63.0 Å². The number of benzene rings is 1. The molecule has 1 atom stereocenters. The number of aromatic amines is 1. The standard InChI is InChI=1S/C23H28N6O3S/c30-23-17(12-15-13-19-20(14-18(15)24-23)32-9-8-31-19)21(28-6-10-33-11-7-28)22-25-26-27-29(22)16-4-2-1-3-5-16/h12-14,16,21H,1-11H2,(H,24,30)/p+1/t21-/m1/s1. The van der Waals surface area contributed by atoms with Crippen molar-refractivity contribution >= 4 is 22.7 Å². The zero-order valence-electron chi connectivity index (χ0n) is 18.6. The number of hydrogen-bond acceptors (Lipinski definition) is 7. The smallest absolute Gasteiger partial charge is 0.258 e. The number of hydrogen-bond donors (Lipinski definition) is 2. The summed E-state index contributed by atoms with van der Waals surface area (Å²) in [5, 5.41) is 13.9. The van der Waals surface area contributed by atoms with Crippen molar-refractivity contribution < 1.29 is 14.4 Å². The summed E-state index contributed by atoms with van der Waals surface area (Å²) in [6.07, 6.45) is 5.85. The van der Waals surface area contributed by atoms with E-state index < -0.39 is 0 Å². The molecule has 0 amide bonds. The molecule has 1 saturated heterocycles. The molecule has 2 aliphatic heterocycles. The number of H-pyrrole nitrogens is 1. The zero-order valence-corrected chi connectivity index (χ0v) is 19.4. The van der Waals surface area contributed by atoms with Gasteiger partial charge in [-0.1, -0.05) is 19.3 Å². The number of nitrogens with zero attached hydrogens (tertiary/aromatic N) is 4. The lowest BCUT2D eigenvalue weighted by molar-refractivity contribution is -0.923. The molecule has 2 fully saturated rings. The molecule has 0 spiro atoms. The quantitative estimate of drug-likeness (QED) is 0.598. The Labute approximate surface area is 195 Å². The molecule has 2 aromatic heterocycles. The minimum absolute atomic E-state index is 0.0897. The molecule has 10 heteroatoms. The predicted octanol–water partition coefficient (Wildman–Crippen LogP) is 1.51. The van der Waals surface area contributed by atoms with Crippen LogP contribution in [-0.2, 0) is 0 Å². The van der Waals surface area contributed by atoms with Gasteiger partial charge in [-0.3, -0.25) is 4.79 Å². The Morgan fingerprint density at radius 2 is 1.82 bits per heavy atom. The second-order valence-corrected chi connectivity index (χ2v) is 10.3. The molecule has 33 heavy (non-hydrogen) atoms. The van der Waals surface area contributed by atoms with Gasteiger partial charge in [0.25, 0.3) is 5.56 Å². The van der Waals surface area contributed by atoms with Crippen LogP contribution in [0.25, 0.3) is 10.9 Å².